The zero-order valence-electron chi connectivity index (χ0n) is 15.7. The normalized spacial score (nSPS) is 23.5. The lowest BCUT2D eigenvalue weighted by molar-refractivity contribution is -0.182. The standard InChI is InChI=1S/C20H27N3O3S/c1-22-14-18(19(24)21-12-17-5-3-11-27-17)26-20(15-22)6-8-23(9-7-20)13-16-4-2-10-25-16/h2-5,10-11,18H,6-9,12-15H2,1H3,(H,21,24)/t18-/m0/s1. The number of morpholine rings is 1. The highest BCUT2D eigenvalue weighted by atomic mass is 32.1. The van der Waals surface area contributed by atoms with Gasteiger partial charge in [-0.2, -0.15) is 0 Å². The van der Waals surface area contributed by atoms with Crippen LogP contribution in [0.5, 0.6) is 0 Å². The number of carbonyl (C=O) groups is 1. The summed E-state index contributed by atoms with van der Waals surface area (Å²) in [5.74, 6) is 0.991. The predicted octanol–water partition coefficient (Wildman–Crippen LogP) is 2.32. The van der Waals surface area contributed by atoms with Gasteiger partial charge in [-0.15, -0.1) is 11.3 Å². The zero-order valence-corrected chi connectivity index (χ0v) is 16.5. The maximum absolute atomic E-state index is 12.7. The van der Waals surface area contributed by atoms with Crippen molar-refractivity contribution in [2.24, 2.45) is 0 Å². The first kappa shape index (κ1) is 18.7. The molecule has 0 bridgehead atoms. The SMILES string of the molecule is CN1C[C@@H](C(=O)NCc2cccs2)OC2(CCN(Cc3ccco3)CC2)C1. The topological polar surface area (TPSA) is 58.0 Å². The van der Waals surface area contributed by atoms with E-state index >= 15 is 0 Å². The number of likely N-dealkylation sites (tertiary alicyclic amines) is 1. The molecule has 4 heterocycles. The Kier molecular flexibility index (Phi) is 5.63. The number of amides is 1. The fourth-order valence-electron chi connectivity index (χ4n) is 4.07. The third-order valence-electron chi connectivity index (χ3n) is 5.46. The average molecular weight is 390 g/mol. The molecule has 1 spiro atoms. The van der Waals surface area contributed by atoms with Crippen molar-refractivity contribution in [2.45, 2.75) is 37.6 Å². The Morgan fingerprint density at radius 1 is 1.33 bits per heavy atom. The van der Waals surface area contributed by atoms with Crippen LogP contribution < -0.4 is 5.32 Å². The van der Waals surface area contributed by atoms with E-state index in [-0.39, 0.29) is 11.5 Å². The second-order valence-electron chi connectivity index (χ2n) is 7.64. The van der Waals surface area contributed by atoms with Crippen molar-refractivity contribution in [1.29, 1.82) is 0 Å². The van der Waals surface area contributed by atoms with Gasteiger partial charge in [0.2, 0.25) is 0 Å². The third-order valence-corrected chi connectivity index (χ3v) is 6.34. The molecule has 2 aliphatic heterocycles. The molecule has 0 unspecified atom stereocenters. The molecule has 0 saturated carbocycles. The molecule has 2 aromatic heterocycles. The van der Waals surface area contributed by atoms with Crippen LogP contribution in [0.1, 0.15) is 23.5 Å². The van der Waals surface area contributed by atoms with Crippen LogP contribution in [0.3, 0.4) is 0 Å². The van der Waals surface area contributed by atoms with Crippen molar-refractivity contribution in [3.63, 3.8) is 0 Å². The van der Waals surface area contributed by atoms with E-state index in [9.17, 15) is 4.79 Å². The summed E-state index contributed by atoms with van der Waals surface area (Å²) in [5, 5.41) is 5.06. The second-order valence-corrected chi connectivity index (χ2v) is 8.67. The molecule has 146 valence electrons. The summed E-state index contributed by atoms with van der Waals surface area (Å²) >= 11 is 1.66. The van der Waals surface area contributed by atoms with E-state index in [2.05, 4.69) is 22.2 Å². The van der Waals surface area contributed by atoms with Gasteiger partial charge >= 0.3 is 0 Å². The van der Waals surface area contributed by atoms with Crippen molar-refractivity contribution >= 4 is 17.2 Å². The quantitative estimate of drug-likeness (QED) is 0.851. The first-order chi connectivity index (χ1) is 13.1. The molecule has 2 saturated heterocycles. The Bertz CT molecular complexity index is 724. The van der Waals surface area contributed by atoms with Crippen LogP contribution in [0.2, 0.25) is 0 Å². The summed E-state index contributed by atoms with van der Waals surface area (Å²) in [4.78, 5) is 18.5. The number of furan rings is 1. The van der Waals surface area contributed by atoms with Crippen molar-refractivity contribution in [2.75, 3.05) is 33.2 Å². The molecular weight excluding hydrogens is 362 g/mol. The van der Waals surface area contributed by atoms with Crippen molar-refractivity contribution in [1.82, 2.24) is 15.1 Å². The van der Waals surface area contributed by atoms with Gasteiger partial charge in [0.25, 0.3) is 5.91 Å². The molecule has 4 rings (SSSR count). The third kappa shape index (κ3) is 4.60. The second kappa shape index (κ2) is 8.14. The van der Waals surface area contributed by atoms with Gasteiger partial charge in [-0.25, -0.2) is 0 Å². The minimum Gasteiger partial charge on any atom is -0.468 e. The van der Waals surface area contributed by atoms with Crippen LogP contribution in [0, 0.1) is 0 Å². The number of hydrogen-bond acceptors (Lipinski definition) is 6. The monoisotopic (exact) mass is 389 g/mol. The van der Waals surface area contributed by atoms with Gasteiger partial charge < -0.3 is 19.4 Å². The molecule has 0 aromatic carbocycles. The molecule has 2 aliphatic rings. The maximum atomic E-state index is 12.7. The average Bonchev–Trinajstić information content (AvgIpc) is 3.35. The molecular formula is C20H27N3O3S. The number of nitrogens with one attached hydrogen (secondary N) is 1. The summed E-state index contributed by atoms with van der Waals surface area (Å²) in [5.41, 5.74) is -0.225. The fraction of sp³-hybridized carbons (Fsp3) is 0.550. The fourth-order valence-corrected chi connectivity index (χ4v) is 4.72. The Morgan fingerprint density at radius 2 is 2.19 bits per heavy atom. The lowest BCUT2D eigenvalue weighted by atomic mass is 9.88. The van der Waals surface area contributed by atoms with Gasteiger partial charge in [-0.3, -0.25) is 9.69 Å². The van der Waals surface area contributed by atoms with Crippen molar-refractivity contribution in [3.05, 3.63) is 46.5 Å². The molecule has 2 fully saturated rings. The van der Waals surface area contributed by atoms with Crippen molar-refractivity contribution in [3.8, 4) is 0 Å². The van der Waals surface area contributed by atoms with E-state index in [1.807, 2.05) is 29.6 Å². The van der Waals surface area contributed by atoms with E-state index in [0.29, 0.717) is 13.1 Å². The molecule has 2 aromatic rings. The summed E-state index contributed by atoms with van der Waals surface area (Å²) in [6.07, 6.45) is 3.19. The number of ether oxygens (including phenoxy) is 1. The number of likely N-dealkylation sites (N-methyl/N-ethyl adjacent to an activating group) is 1. The molecule has 1 amide bonds. The van der Waals surface area contributed by atoms with Gasteiger partial charge in [0.05, 0.1) is 25.0 Å². The summed E-state index contributed by atoms with van der Waals surface area (Å²) < 4.78 is 11.9. The van der Waals surface area contributed by atoms with E-state index in [1.165, 1.54) is 0 Å². The molecule has 0 aliphatic carbocycles. The molecule has 1 atom stereocenters. The minimum atomic E-state index is -0.402. The number of hydrogen-bond donors (Lipinski definition) is 1. The summed E-state index contributed by atoms with van der Waals surface area (Å²) in [6, 6.07) is 7.99. The molecule has 6 nitrogen and oxygen atoms in total. The van der Waals surface area contributed by atoms with Gasteiger partial charge in [-0.1, -0.05) is 6.07 Å². The summed E-state index contributed by atoms with van der Waals surface area (Å²) in [7, 11) is 2.08. The number of piperidine rings is 1. The lowest BCUT2D eigenvalue weighted by Gasteiger charge is -2.48. The van der Waals surface area contributed by atoms with Crippen LogP contribution in [-0.2, 0) is 22.6 Å². The molecule has 7 heteroatoms. The number of rotatable bonds is 5. The molecule has 0 radical (unpaired) electrons. The highest BCUT2D eigenvalue weighted by molar-refractivity contribution is 7.09. The van der Waals surface area contributed by atoms with Gasteiger partial charge in [0.1, 0.15) is 11.9 Å². The van der Waals surface area contributed by atoms with E-state index in [1.54, 1.807) is 17.6 Å². The predicted molar refractivity (Wildman–Crippen MR) is 104 cm³/mol. The largest absolute Gasteiger partial charge is 0.468 e. The van der Waals surface area contributed by atoms with Crippen LogP contribution in [0.4, 0.5) is 0 Å². The van der Waals surface area contributed by atoms with Crippen LogP contribution in [-0.4, -0.2) is 60.6 Å². The van der Waals surface area contributed by atoms with Crippen molar-refractivity contribution < 1.29 is 13.9 Å². The lowest BCUT2D eigenvalue weighted by Crippen LogP contribution is -2.61. The van der Waals surface area contributed by atoms with Crippen LogP contribution in [0.15, 0.2) is 40.3 Å². The minimum absolute atomic E-state index is 0.00709. The van der Waals surface area contributed by atoms with Gasteiger partial charge in [-0.05, 0) is 43.5 Å². The zero-order chi connectivity index (χ0) is 18.7. The highest BCUT2D eigenvalue weighted by Gasteiger charge is 2.44. The first-order valence-electron chi connectivity index (χ1n) is 9.53. The number of carbonyl (C=O) groups excluding carboxylic acids is 1. The first-order valence-corrected chi connectivity index (χ1v) is 10.4. The maximum Gasteiger partial charge on any atom is 0.250 e. The smallest absolute Gasteiger partial charge is 0.250 e. The summed E-state index contributed by atoms with van der Waals surface area (Å²) in [6.45, 7) is 4.86. The highest BCUT2D eigenvalue weighted by Crippen LogP contribution is 2.32. The van der Waals surface area contributed by atoms with Crippen LogP contribution >= 0.6 is 11.3 Å². The Balaban J connectivity index is 1.32. The Morgan fingerprint density at radius 3 is 2.89 bits per heavy atom. The Hall–Kier alpha value is -1.67. The number of thiophene rings is 1. The molecule has 1 N–H and O–H groups in total. The van der Waals surface area contributed by atoms with E-state index in [4.69, 9.17) is 9.15 Å². The van der Waals surface area contributed by atoms with E-state index < -0.39 is 6.10 Å². The van der Waals surface area contributed by atoms with Crippen LogP contribution in [0.25, 0.3) is 0 Å². The van der Waals surface area contributed by atoms with Gasteiger partial charge in [0.15, 0.2) is 0 Å². The van der Waals surface area contributed by atoms with E-state index in [0.717, 1.165) is 49.7 Å². The number of nitrogens with zero attached hydrogens (tertiary/aromatic N) is 2. The molecule has 27 heavy (non-hydrogen) atoms. The van der Waals surface area contributed by atoms with Gasteiger partial charge in [0, 0.05) is 31.1 Å². The Labute approximate surface area is 164 Å².